The minimum absolute atomic E-state index is 0.797. The number of aliphatic carboxylic acids is 1. The predicted molar refractivity (Wildman–Crippen MR) is 31.3 cm³/mol. The van der Waals surface area contributed by atoms with Crippen LogP contribution in [0.5, 0.6) is 0 Å². The van der Waals surface area contributed by atoms with Gasteiger partial charge in [-0.2, -0.15) is 13.2 Å². The molecule has 70 valence electrons. The number of carbonyl (C=O) groups excluding carboxylic acids is 1. The lowest BCUT2D eigenvalue weighted by atomic mass is 10.4. The van der Waals surface area contributed by atoms with Crippen LogP contribution in [0.15, 0.2) is 0 Å². The number of amides is 1. The van der Waals surface area contributed by atoms with Gasteiger partial charge in [0.2, 0.25) is 5.91 Å². The molecular weight excluding hydrogens is 179 g/mol. The summed E-state index contributed by atoms with van der Waals surface area (Å²) >= 11 is 0. The summed E-state index contributed by atoms with van der Waals surface area (Å²) in [5.74, 6) is -2.73. The lowest BCUT2D eigenvalue weighted by Crippen LogP contribution is -2.32. The standard InChI is InChI=1S/C5H6F3NO3/c6-5(7,8)1-3(10)9-2-4(11)12/h1-2H2,(H,9,10)(H,11,12). The number of rotatable bonds is 3. The summed E-state index contributed by atoms with van der Waals surface area (Å²) in [5, 5.41) is 9.54. The Morgan fingerprint density at radius 3 is 2.17 bits per heavy atom. The third kappa shape index (κ3) is 6.84. The summed E-state index contributed by atoms with van der Waals surface area (Å²) in [7, 11) is 0. The van der Waals surface area contributed by atoms with Crippen LogP contribution in [0.25, 0.3) is 0 Å². The molecule has 0 aliphatic heterocycles. The predicted octanol–water partition coefficient (Wildman–Crippen LogP) is 0.140. The lowest BCUT2D eigenvalue weighted by molar-refractivity contribution is -0.155. The van der Waals surface area contributed by atoms with Crippen LogP contribution >= 0.6 is 0 Å². The van der Waals surface area contributed by atoms with Gasteiger partial charge in [-0.25, -0.2) is 0 Å². The van der Waals surface area contributed by atoms with Crippen molar-refractivity contribution in [3.05, 3.63) is 0 Å². The number of nitrogens with one attached hydrogen (secondary N) is 1. The van der Waals surface area contributed by atoms with Crippen molar-refractivity contribution in [3.63, 3.8) is 0 Å². The van der Waals surface area contributed by atoms with Gasteiger partial charge in [-0.15, -0.1) is 0 Å². The number of carboxylic acid groups (broad SMARTS) is 1. The van der Waals surface area contributed by atoms with Crippen molar-refractivity contribution in [3.8, 4) is 0 Å². The van der Waals surface area contributed by atoms with E-state index in [0.717, 1.165) is 0 Å². The monoisotopic (exact) mass is 185 g/mol. The van der Waals surface area contributed by atoms with E-state index in [0.29, 0.717) is 0 Å². The average Bonchev–Trinajstić information content (AvgIpc) is 1.79. The minimum atomic E-state index is -4.59. The van der Waals surface area contributed by atoms with Crippen LogP contribution in [-0.4, -0.2) is 29.7 Å². The van der Waals surface area contributed by atoms with Crippen molar-refractivity contribution in [2.24, 2.45) is 0 Å². The minimum Gasteiger partial charge on any atom is -0.480 e. The van der Waals surface area contributed by atoms with Gasteiger partial charge in [0.25, 0.3) is 0 Å². The first-order valence-electron chi connectivity index (χ1n) is 2.86. The van der Waals surface area contributed by atoms with E-state index in [1.807, 2.05) is 0 Å². The molecule has 0 aliphatic carbocycles. The van der Waals surface area contributed by atoms with Gasteiger partial charge >= 0.3 is 12.1 Å². The molecule has 0 aromatic rings. The summed E-state index contributed by atoms with van der Waals surface area (Å²) in [6.07, 6.45) is -6.25. The molecule has 0 aromatic heterocycles. The van der Waals surface area contributed by atoms with Crippen LogP contribution in [0.3, 0.4) is 0 Å². The van der Waals surface area contributed by atoms with Crippen molar-refractivity contribution >= 4 is 11.9 Å². The normalized spacial score (nSPS) is 10.9. The van der Waals surface area contributed by atoms with E-state index in [2.05, 4.69) is 0 Å². The van der Waals surface area contributed by atoms with E-state index in [1.165, 1.54) is 0 Å². The number of halogens is 3. The first-order chi connectivity index (χ1) is 5.31. The van der Waals surface area contributed by atoms with Gasteiger partial charge < -0.3 is 10.4 Å². The van der Waals surface area contributed by atoms with Gasteiger partial charge in [0.05, 0.1) is 0 Å². The second kappa shape index (κ2) is 3.93. The molecule has 0 fully saturated rings. The van der Waals surface area contributed by atoms with E-state index in [4.69, 9.17) is 5.11 Å². The summed E-state index contributed by atoms with van der Waals surface area (Å²) in [6.45, 7) is -0.797. The number of carbonyl (C=O) groups is 2. The van der Waals surface area contributed by atoms with E-state index in [1.54, 1.807) is 5.32 Å². The maximum absolute atomic E-state index is 11.4. The molecule has 1 amide bonds. The first-order valence-corrected chi connectivity index (χ1v) is 2.86. The highest BCUT2D eigenvalue weighted by Crippen LogP contribution is 2.18. The molecule has 0 aromatic carbocycles. The summed E-state index contributed by atoms with van der Waals surface area (Å²) in [6, 6.07) is 0. The Labute approximate surface area is 65.4 Å². The van der Waals surface area contributed by atoms with Crippen LogP contribution in [0, 0.1) is 0 Å². The fraction of sp³-hybridized carbons (Fsp3) is 0.600. The van der Waals surface area contributed by atoms with Gasteiger partial charge in [-0.05, 0) is 0 Å². The summed E-state index contributed by atoms with van der Waals surface area (Å²) in [4.78, 5) is 20.0. The number of hydrogen-bond acceptors (Lipinski definition) is 2. The highest BCUT2D eigenvalue weighted by Gasteiger charge is 2.31. The zero-order chi connectivity index (χ0) is 9.78. The second-order valence-corrected chi connectivity index (χ2v) is 1.96. The fourth-order valence-electron chi connectivity index (χ4n) is 0.419. The topological polar surface area (TPSA) is 66.4 Å². The van der Waals surface area contributed by atoms with Crippen LogP contribution < -0.4 is 5.32 Å². The Morgan fingerprint density at radius 2 is 1.83 bits per heavy atom. The number of hydrogen-bond donors (Lipinski definition) is 2. The molecule has 0 unspecified atom stereocenters. The van der Waals surface area contributed by atoms with E-state index >= 15 is 0 Å². The van der Waals surface area contributed by atoms with Gasteiger partial charge in [-0.3, -0.25) is 9.59 Å². The van der Waals surface area contributed by atoms with Crippen molar-refractivity contribution in [1.82, 2.24) is 5.32 Å². The summed E-state index contributed by atoms with van der Waals surface area (Å²) < 4.78 is 34.3. The third-order valence-corrected chi connectivity index (χ3v) is 0.798. The molecule has 0 radical (unpaired) electrons. The molecule has 0 saturated carbocycles. The van der Waals surface area contributed by atoms with Gasteiger partial charge in [0.1, 0.15) is 13.0 Å². The zero-order valence-electron chi connectivity index (χ0n) is 5.81. The maximum atomic E-state index is 11.4. The Kier molecular flexibility index (Phi) is 3.52. The molecule has 12 heavy (non-hydrogen) atoms. The van der Waals surface area contributed by atoms with Gasteiger partial charge in [0.15, 0.2) is 0 Å². The summed E-state index contributed by atoms with van der Waals surface area (Å²) in [5.41, 5.74) is 0. The first kappa shape index (κ1) is 10.7. The molecule has 7 heteroatoms. The van der Waals surface area contributed by atoms with Crippen molar-refractivity contribution < 1.29 is 27.9 Å². The largest absolute Gasteiger partial charge is 0.480 e. The molecule has 0 saturated heterocycles. The van der Waals surface area contributed by atoms with Crippen molar-refractivity contribution in [2.45, 2.75) is 12.6 Å². The van der Waals surface area contributed by atoms with E-state index < -0.39 is 31.0 Å². The van der Waals surface area contributed by atoms with E-state index in [-0.39, 0.29) is 0 Å². The SMILES string of the molecule is O=C(O)CNC(=O)CC(F)(F)F. The highest BCUT2D eigenvalue weighted by atomic mass is 19.4. The molecule has 0 rings (SSSR count). The van der Waals surface area contributed by atoms with Crippen molar-refractivity contribution in [1.29, 1.82) is 0 Å². The fourth-order valence-corrected chi connectivity index (χ4v) is 0.419. The van der Waals surface area contributed by atoms with Gasteiger partial charge in [0, 0.05) is 0 Å². The molecule has 0 aliphatic rings. The quantitative estimate of drug-likeness (QED) is 0.657. The molecule has 0 atom stereocenters. The van der Waals surface area contributed by atoms with E-state index in [9.17, 15) is 22.8 Å². The Morgan fingerprint density at radius 1 is 1.33 bits per heavy atom. The maximum Gasteiger partial charge on any atom is 0.397 e. The average molecular weight is 185 g/mol. The molecule has 0 spiro atoms. The van der Waals surface area contributed by atoms with Crippen molar-refractivity contribution in [2.75, 3.05) is 6.54 Å². The molecule has 0 bridgehead atoms. The van der Waals surface area contributed by atoms with Crippen LogP contribution in [0.2, 0.25) is 0 Å². The van der Waals surface area contributed by atoms with Crippen LogP contribution in [-0.2, 0) is 9.59 Å². The highest BCUT2D eigenvalue weighted by molar-refractivity contribution is 5.81. The number of alkyl halides is 3. The third-order valence-electron chi connectivity index (χ3n) is 0.798. The molecule has 2 N–H and O–H groups in total. The Balaban J connectivity index is 3.68. The Bertz CT molecular complexity index is 189. The number of carboxylic acids is 1. The van der Waals surface area contributed by atoms with Crippen LogP contribution in [0.4, 0.5) is 13.2 Å². The van der Waals surface area contributed by atoms with Gasteiger partial charge in [-0.1, -0.05) is 0 Å². The lowest BCUT2D eigenvalue weighted by Gasteiger charge is -2.04. The molecule has 0 heterocycles. The smallest absolute Gasteiger partial charge is 0.397 e. The molecular formula is C5H6F3NO3. The Hall–Kier alpha value is -1.27. The van der Waals surface area contributed by atoms with Crippen LogP contribution in [0.1, 0.15) is 6.42 Å². The zero-order valence-corrected chi connectivity index (χ0v) is 5.81. The molecule has 4 nitrogen and oxygen atoms in total. The second-order valence-electron chi connectivity index (χ2n) is 1.96.